The number of rotatable bonds is 5. The van der Waals surface area contributed by atoms with Crippen LogP contribution in [0.2, 0.25) is 0 Å². The summed E-state index contributed by atoms with van der Waals surface area (Å²) in [7, 11) is 0. The van der Waals surface area contributed by atoms with E-state index in [0.29, 0.717) is 28.6 Å². The Morgan fingerprint density at radius 2 is 2.04 bits per heavy atom. The van der Waals surface area contributed by atoms with Gasteiger partial charge in [0.15, 0.2) is 0 Å². The number of thiophene rings is 1. The minimum atomic E-state index is -0.335. The predicted octanol–water partition coefficient (Wildman–Crippen LogP) is 4.30. The number of carbonyl (C=O) groups excluding carboxylic acids is 1. The van der Waals surface area contributed by atoms with E-state index in [1.54, 1.807) is 13.0 Å². The molecule has 7 heteroatoms. The fraction of sp³-hybridized carbons (Fsp3) is 0.286. The van der Waals surface area contributed by atoms with Gasteiger partial charge in [0, 0.05) is 10.4 Å². The molecule has 6 nitrogen and oxygen atoms in total. The van der Waals surface area contributed by atoms with Gasteiger partial charge in [-0.15, -0.1) is 11.3 Å². The van der Waals surface area contributed by atoms with E-state index in [2.05, 4.69) is 15.5 Å². The van der Waals surface area contributed by atoms with Gasteiger partial charge in [0.25, 0.3) is 5.56 Å². The van der Waals surface area contributed by atoms with Gasteiger partial charge in [-0.3, -0.25) is 4.79 Å². The molecule has 0 spiro atoms. The number of ether oxygens (including phenoxy) is 1. The van der Waals surface area contributed by atoms with Crippen molar-refractivity contribution < 1.29 is 9.53 Å². The lowest BCUT2D eigenvalue weighted by molar-refractivity contribution is 0.0526. The molecule has 0 unspecified atom stereocenters. The van der Waals surface area contributed by atoms with Gasteiger partial charge in [0.2, 0.25) is 0 Å². The zero-order valence-electron chi connectivity index (χ0n) is 15.6. The lowest BCUT2D eigenvalue weighted by Crippen LogP contribution is -2.15. The number of anilines is 2. The Kier molecular flexibility index (Phi) is 5.25. The first kappa shape index (κ1) is 18.4. The molecule has 0 fully saturated rings. The van der Waals surface area contributed by atoms with Crippen LogP contribution in [-0.2, 0) is 17.6 Å². The number of fused-ring (bicyclic) bond motifs is 1. The smallest absolute Gasteiger partial charge is 0.341 e. The van der Waals surface area contributed by atoms with E-state index in [1.807, 2.05) is 30.3 Å². The van der Waals surface area contributed by atoms with Crippen LogP contribution in [0.3, 0.4) is 0 Å². The molecular weight excluding hydrogens is 374 g/mol. The van der Waals surface area contributed by atoms with E-state index in [4.69, 9.17) is 4.74 Å². The van der Waals surface area contributed by atoms with Gasteiger partial charge >= 0.3 is 5.97 Å². The van der Waals surface area contributed by atoms with Crippen molar-refractivity contribution in [2.24, 2.45) is 0 Å². The molecule has 0 amide bonds. The average Bonchev–Trinajstić information content (AvgIpc) is 3.08. The molecule has 0 aliphatic heterocycles. The van der Waals surface area contributed by atoms with Gasteiger partial charge in [-0.1, -0.05) is 30.3 Å². The first-order valence-electron chi connectivity index (χ1n) is 9.41. The Hall–Kier alpha value is -2.93. The van der Waals surface area contributed by atoms with E-state index in [1.165, 1.54) is 16.2 Å². The van der Waals surface area contributed by atoms with Crippen molar-refractivity contribution in [3.8, 4) is 11.3 Å². The fourth-order valence-electron chi connectivity index (χ4n) is 3.45. The summed E-state index contributed by atoms with van der Waals surface area (Å²) in [5.41, 5.74) is 3.21. The Labute approximate surface area is 166 Å². The monoisotopic (exact) mass is 395 g/mol. The van der Waals surface area contributed by atoms with Gasteiger partial charge in [-0.2, -0.15) is 5.10 Å². The van der Waals surface area contributed by atoms with Crippen LogP contribution in [-0.4, -0.2) is 22.8 Å². The highest BCUT2D eigenvalue weighted by Gasteiger charge is 2.26. The van der Waals surface area contributed by atoms with Crippen LogP contribution in [0.15, 0.2) is 41.2 Å². The number of aryl methyl sites for hydroxylation is 1. The van der Waals surface area contributed by atoms with Crippen molar-refractivity contribution in [1.82, 2.24) is 10.2 Å². The summed E-state index contributed by atoms with van der Waals surface area (Å²) < 4.78 is 5.28. The van der Waals surface area contributed by atoms with Crippen LogP contribution in [0.4, 0.5) is 10.7 Å². The third-order valence-corrected chi connectivity index (χ3v) is 5.98. The summed E-state index contributed by atoms with van der Waals surface area (Å²) in [6, 6.07) is 11.3. The van der Waals surface area contributed by atoms with Crippen molar-refractivity contribution in [3.63, 3.8) is 0 Å². The summed E-state index contributed by atoms with van der Waals surface area (Å²) in [6.45, 7) is 2.11. The average molecular weight is 395 g/mol. The molecule has 2 aromatic heterocycles. The molecule has 4 rings (SSSR count). The highest BCUT2D eigenvalue weighted by atomic mass is 32.1. The van der Waals surface area contributed by atoms with Crippen molar-refractivity contribution in [3.05, 3.63) is 62.8 Å². The van der Waals surface area contributed by atoms with E-state index < -0.39 is 0 Å². The molecular formula is C21H21N3O3S. The molecule has 2 heterocycles. The van der Waals surface area contributed by atoms with E-state index >= 15 is 0 Å². The summed E-state index contributed by atoms with van der Waals surface area (Å²) in [5.74, 6) is -0.335. The number of esters is 1. The molecule has 144 valence electrons. The zero-order chi connectivity index (χ0) is 19.5. The molecule has 1 aliphatic rings. The number of aromatic amines is 1. The molecule has 3 aromatic rings. The molecule has 0 atom stereocenters. The first-order chi connectivity index (χ1) is 13.7. The largest absolute Gasteiger partial charge is 0.462 e. The predicted molar refractivity (Wildman–Crippen MR) is 110 cm³/mol. The second-order valence-electron chi connectivity index (χ2n) is 6.62. The minimum Gasteiger partial charge on any atom is -0.462 e. The van der Waals surface area contributed by atoms with Gasteiger partial charge in [-0.25, -0.2) is 9.89 Å². The Bertz CT molecular complexity index is 1060. The number of benzene rings is 1. The summed E-state index contributed by atoms with van der Waals surface area (Å²) in [4.78, 5) is 26.2. The third kappa shape index (κ3) is 3.57. The molecule has 28 heavy (non-hydrogen) atoms. The SMILES string of the molecule is CCOC(=O)c1c(Nc2cc(-c3ccccc3)n[nH]c2=O)sc2c1CCCC2. The summed E-state index contributed by atoms with van der Waals surface area (Å²) in [5, 5.41) is 10.5. The second kappa shape index (κ2) is 7.98. The zero-order valence-corrected chi connectivity index (χ0v) is 16.4. The maximum absolute atomic E-state index is 12.6. The van der Waals surface area contributed by atoms with Crippen LogP contribution in [0.25, 0.3) is 11.3 Å². The normalized spacial score (nSPS) is 13.0. The van der Waals surface area contributed by atoms with Gasteiger partial charge < -0.3 is 10.1 Å². The molecule has 1 aromatic carbocycles. The van der Waals surface area contributed by atoms with Gasteiger partial charge in [-0.05, 0) is 44.2 Å². The van der Waals surface area contributed by atoms with Crippen LogP contribution < -0.4 is 10.9 Å². The molecule has 1 aliphatic carbocycles. The number of carbonyl (C=O) groups is 1. The van der Waals surface area contributed by atoms with E-state index in [-0.39, 0.29) is 11.5 Å². The molecule has 2 N–H and O–H groups in total. The van der Waals surface area contributed by atoms with Crippen LogP contribution in [0.1, 0.15) is 40.6 Å². The maximum Gasteiger partial charge on any atom is 0.341 e. The first-order valence-corrected chi connectivity index (χ1v) is 10.2. The number of nitrogens with zero attached hydrogens (tertiary/aromatic N) is 1. The van der Waals surface area contributed by atoms with Crippen molar-refractivity contribution in [1.29, 1.82) is 0 Å². The Morgan fingerprint density at radius 1 is 1.25 bits per heavy atom. The number of hydrogen-bond donors (Lipinski definition) is 2. The summed E-state index contributed by atoms with van der Waals surface area (Å²) >= 11 is 1.54. The lowest BCUT2D eigenvalue weighted by atomic mass is 9.95. The van der Waals surface area contributed by atoms with Crippen molar-refractivity contribution in [2.75, 3.05) is 11.9 Å². The fourth-order valence-corrected chi connectivity index (χ4v) is 4.74. The van der Waals surface area contributed by atoms with Gasteiger partial charge in [0.1, 0.15) is 10.7 Å². The van der Waals surface area contributed by atoms with Crippen LogP contribution in [0.5, 0.6) is 0 Å². The highest BCUT2D eigenvalue weighted by molar-refractivity contribution is 7.16. The van der Waals surface area contributed by atoms with E-state index in [9.17, 15) is 9.59 Å². The number of hydrogen-bond acceptors (Lipinski definition) is 6. The molecule has 0 radical (unpaired) electrons. The van der Waals surface area contributed by atoms with Crippen LogP contribution >= 0.6 is 11.3 Å². The Morgan fingerprint density at radius 3 is 2.82 bits per heavy atom. The molecule has 0 saturated carbocycles. The minimum absolute atomic E-state index is 0.316. The molecule has 0 saturated heterocycles. The van der Waals surface area contributed by atoms with Crippen molar-refractivity contribution >= 4 is 28.0 Å². The quantitative estimate of drug-likeness (QED) is 0.630. The highest BCUT2D eigenvalue weighted by Crippen LogP contribution is 2.39. The number of H-pyrrole nitrogens is 1. The number of nitrogens with one attached hydrogen (secondary N) is 2. The maximum atomic E-state index is 12.6. The summed E-state index contributed by atoms with van der Waals surface area (Å²) in [6.07, 6.45) is 3.99. The lowest BCUT2D eigenvalue weighted by Gasteiger charge is -2.12. The topological polar surface area (TPSA) is 84.1 Å². The standard InChI is InChI=1S/C21H21N3O3S/c1-2-27-21(26)18-14-10-6-7-11-17(14)28-20(18)22-16-12-15(23-24-19(16)25)13-8-4-3-5-9-13/h3-5,8-9,12H,2,6-7,10-11H2,1H3,(H,22,23)(H,24,25). The second-order valence-corrected chi connectivity index (χ2v) is 7.73. The Balaban J connectivity index is 1.74. The third-order valence-electron chi connectivity index (χ3n) is 4.77. The van der Waals surface area contributed by atoms with E-state index in [0.717, 1.165) is 36.8 Å². The molecule has 0 bridgehead atoms. The van der Waals surface area contributed by atoms with Gasteiger partial charge in [0.05, 0.1) is 17.9 Å². The van der Waals surface area contributed by atoms with Crippen molar-refractivity contribution in [2.45, 2.75) is 32.6 Å². The number of aromatic nitrogens is 2. The van der Waals surface area contributed by atoms with Crippen LogP contribution in [0, 0.1) is 0 Å².